The third kappa shape index (κ3) is 5.60. The van der Waals surface area contributed by atoms with Gasteiger partial charge in [-0.2, -0.15) is 5.10 Å². The Bertz CT molecular complexity index is 1550. The number of fused-ring (bicyclic) bond motifs is 2. The van der Waals surface area contributed by atoms with Crippen molar-refractivity contribution < 1.29 is 14.3 Å². The summed E-state index contributed by atoms with van der Waals surface area (Å²) in [7, 11) is 0. The van der Waals surface area contributed by atoms with E-state index >= 15 is 0 Å². The van der Waals surface area contributed by atoms with Crippen molar-refractivity contribution in [2.75, 3.05) is 57.4 Å². The number of pyridine rings is 1. The van der Waals surface area contributed by atoms with Gasteiger partial charge in [-0.05, 0) is 25.1 Å². The third-order valence-electron chi connectivity index (χ3n) is 7.35. The van der Waals surface area contributed by atoms with Crippen LogP contribution >= 0.6 is 11.3 Å². The van der Waals surface area contributed by atoms with Crippen LogP contribution in [0, 0.1) is 0 Å². The number of ketones is 1. The number of H-pyrrole nitrogens is 1. The van der Waals surface area contributed by atoms with E-state index in [1.54, 1.807) is 29.8 Å². The van der Waals surface area contributed by atoms with Crippen molar-refractivity contribution in [1.29, 1.82) is 0 Å². The zero-order valence-electron chi connectivity index (χ0n) is 22.5. The molecule has 11 nitrogen and oxygen atoms in total. The predicted molar refractivity (Wildman–Crippen MR) is 154 cm³/mol. The topological polar surface area (TPSA) is 120 Å². The lowest BCUT2D eigenvalue weighted by atomic mass is 10.1. The number of morpholine rings is 1. The summed E-state index contributed by atoms with van der Waals surface area (Å²) in [5.74, 6) is 1.66. The molecule has 4 aromatic rings. The van der Waals surface area contributed by atoms with E-state index in [1.807, 2.05) is 17.9 Å². The summed E-state index contributed by atoms with van der Waals surface area (Å²) in [6, 6.07) is 4.11. The minimum absolute atomic E-state index is 0.0000627. The fourth-order valence-electron chi connectivity index (χ4n) is 5.23. The normalized spacial score (nSPS) is 16.9. The average Bonchev–Trinajstić information content (AvgIpc) is 3.63. The Morgan fingerprint density at radius 1 is 1.10 bits per heavy atom. The molecule has 6 rings (SSSR count). The predicted octanol–water partition coefficient (Wildman–Crippen LogP) is 3.04. The van der Waals surface area contributed by atoms with Crippen molar-refractivity contribution in [3.8, 4) is 11.4 Å². The van der Waals surface area contributed by atoms with Crippen LogP contribution in [0.1, 0.15) is 24.6 Å². The number of ether oxygens (including phenoxy) is 1. The van der Waals surface area contributed by atoms with Gasteiger partial charge in [0.2, 0.25) is 5.91 Å². The van der Waals surface area contributed by atoms with E-state index in [0.29, 0.717) is 37.8 Å². The van der Waals surface area contributed by atoms with Gasteiger partial charge in [-0.25, -0.2) is 15.0 Å². The summed E-state index contributed by atoms with van der Waals surface area (Å²) in [5.41, 5.74) is 2.54. The van der Waals surface area contributed by atoms with E-state index in [0.717, 1.165) is 59.7 Å². The van der Waals surface area contributed by atoms with E-state index in [2.05, 4.69) is 31.0 Å². The molecule has 1 amide bonds. The second kappa shape index (κ2) is 11.8. The monoisotopic (exact) mass is 560 g/mol. The van der Waals surface area contributed by atoms with Crippen molar-refractivity contribution in [2.45, 2.75) is 26.3 Å². The molecule has 208 valence electrons. The maximum absolute atomic E-state index is 12.6. The molecular formula is C28H32N8O3S. The van der Waals surface area contributed by atoms with Gasteiger partial charge < -0.3 is 14.5 Å². The van der Waals surface area contributed by atoms with Crippen LogP contribution in [-0.2, 0) is 20.9 Å². The molecule has 2 fully saturated rings. The number of nitrogens with zero attached hydrogens (tertiary/aromatic N) is 7. The van der Waals surface area contributed by atoms with E-state index in [1.165, 1.54) is 11.0 Å². The number of nitrogens with one attached hydrogen (secondary N) is 1. The van der Waals surface area contributed by atoms with Gasteiger partial charge in [0, 0.05) is 80.7 Å². The average molecular weight is 561 g/mol. The molecule has 0 saturated carbocycles. The highest BCUT2D eigenvalue weighted by molar-refractivity contribution is 7.19. The molecule has 40 heavy (non-hydrogen) atoms. The molecule has 0 unspecified atom stereocenters. The molecule has 2 saturated heterocycles. The van der Waals surface area contributed by atoms with Crippen molar-refractivity contribution in [2.24, 2.45) is 0 Å². The summed E-state index contributed by atoms with van der Waals surface area (Å²) in [6.45, 7) is 8.46. The maximum Gasteiger partial charge on any atom is 0.223 e. The van der Waals surface area contributed by atoms with Crippen LogP contribution in [-0.4, -0.2) is 99.1 Å². The molecule has 0 aliphatic carbocycles. The van der Waals surface area contributed by atoms with E-state index < -0.39 is 0 Å². The van der Waals surface area contributed by atoms with Crippen LogP contribution < -0.4 is 4.90 Å². The number of anilines is 1. The van der Waals surface area contributed by atoms with Gasteiger partial charge >= 0.3 is 0 Å². The molecular weight excluding hydrogens is 528 g/mol. The smallest absolute Gasteiger partial charge is 0.223 e. The Kier molecular flexibility index (Phi) is 7.80. The lowest BCUT2D eigenvalue weighted by Gasteiger charge is -2.34. The number of hydrogen-bond donors (Lipinski definition) is 1. The van der Waals surface area contributed by atoms with Crippen LogP contribution in [0.25, 0.3) is 32.6 Å². The Labute approximate surface area is 235 Å². The van der Waals surface area contributed by atoms with Crippen LogP contribution in [0.4, 0.5) is 5.82 Å². The zero-order valence-corrected chi connectivity index (χ0v) is 23.3. The van der Waals surface area contributed by atoms with E-state index in [-0.39, 0.29) is 24.5 Å². The highest BCUT2D eigenvalue weighted by Gasteiger charge is 2.24. The first-order valence-corrected chi connectivity index (χ1v) is 14.5. The number of aromatic nitrogens is 5. The molecule has 0 atom stereocenters. The molecule has 0 radical (unpaired) electrons. The van der Waals surface area contributed by atoms with Crippen molar-refractivity contribution in [1.82, 2.24) is 34.9 Å². The first kappa shape index (κ1) is 26.5. The summed E-state index contributed by atoms with van der Waals surface area (Å²) < 4.78 is 6.69. The maximum atomic E-state index is 12.6. The minimum Gasteiger partial charge on any atom is -0.378 e. The zero-order chi connectivity index (χ0) is 27.5. The van der Waals surface area contributed by atoms with Gasteiger partial charge in [0.1, 0.15) is 0 Å². The second-order valence-corrected chi connectivity index (χ2v) is 11.1. The Morgan fingerprint density at radius 2 is 1.93 bits per heavy atom. The number of thiophene rings is 1. The first-order chi connectivity index (χ1) is 19.6. The van der Waals surface area contributed by atoms with Crippen molar-refractivity contribution in [3.05, 3.63) is 41.6 Å². The van der Waals surface area contributed by atoms with Crippen LogP contribution in [0.15, 0.2) is 36.7 Å². The second-order valence-electron chi connectivity index (χ2n) is 10.0. The van der Waals surface area contributed by atoms with Gasteiger partial charge in [0.15, 0.2) is 23.1 Å². The van der Waals surface area contributed by atoms with Crippen molar-refractivity contribution >= 4 is 50.1 Å². The molecule has 0 aromatic carbocycles. The molecule has 0 bridgehead atoms. The number of carbonyl (C=O) groups excluding carboxylic acids is 2. The highest BCUT2D eigenvalue weighted by Crippen LogP contribution is 2.36. The highest BCUT2D eigenvalue weighted by atomic mass is 32.1. The van der Waals surface area contributed by atoms with Gasteiger partial charge in [0.05, 0.1) is 29.6 Å². The molecule has 0 spiro atoms. The van der Waals surface area contributed by atoms with Gasteiger partial charge in [-0.3, -0.25) is 19.6 Å². The first-order valence-electron chi connectivity index (χ1n) is 13.7. The van der Waals surface area contributed by atoms with Crippen LogP contribution in [0.3, 0.4) is 0 Å². The Morgan fingerprint density at radius 3 is 2.73 bits per heavy atom. The Balaban J connectivity index is 1.21. The SMILES string of the molecule is C/C=C/C(=O)CCC(=O)N1CCN(Cc2cc3nc(-c4ccnc5[nH]ncc45)nc(N4CCOCC4)c3s2)CC1. The van der Waals surface area contributed by atoms with Crippen LogP contribution in [0.5, 0.6) is 0 Å². The van der Waals surface area contributed by atoms with Crippen molar-refractivity contribution in [3.63, 3.8) is 0 Å². The number of hydrogen-bond acceptors (Lipinski definition) is 10. The number of allylic oxidation sites excluding steroid dienone is 2. The fraction of sp³-hybridized carbons (Fsp3) is 0.429. The lowest BCUT2D eigenvalue weighted by molar-refractivity contribution is -0.134. The molecule has 6 heterocycles. The summed E-state index contributed by atoms with van der Waals surface area (Å²) >= 11 is 1.74. The third-order valence-corrected chi connectivity index (χ3v) is 8.46. The lowest BCUT2D eigenvalue weighted by Crippen LogP contribution is -2.48. The van der Waals surface area contributed by atoms with E-state index in [9.17, 15) is 9.59 Å². The largest absolute Gasteiger partial charge is 0.378 e. The fourth-order valence-corrected chi connectivity index (χ4v) is 6.39. The molecule has 12 heteroatoms. The van der Waals surface area contributed by atoms with Crippen LogP contribution in [0.2, 0.25) is 0 Å². The number of carbonyl (C=O) groups is 2. The molecule has 1 N–H and O–H groups in total. The van der Waals surface area contributed by atoms with Gasteiger partial charge in [-0.1, -0.05) is 6.08 Å². The number of amides is 1. The molecule has 2 aliphatic rings. The minimum atomic E-state index is 0.0000627. The quantitative estimate of drug-likeness (QED) is 0.324. The Hall–Kier alpha value is -3.74. The summed E-state index contributed by atoms with van der Waals surface area (Å²) in [6.07, 6.45) is 7.31. The molecule has 2 aliphatic heterocycles. The number of rotatable bonds is 8. The van der Waals surface area contributed by atoms with Gasteiger partial charge in [-0.15, -0.1) is 11.3 Å². The molecule has 4 aromatic heterocycles. The van der Waals surface area contributed by atoms with E-state index in [4.69, 9.17) is 14.7 Å². The van der Waals surface area contributed by atoms with Gasteiger partial charge in [0.25, 0.3) is 0 Å². The standard InChI is InChI=1S/C28H32N8O3S/c1-2-3-19(37)4-5-24(38)35-10-8-34(9-11-35)18-20-16-23-25(40-20)28(36-12-14-39-15-13-36)32-27(31-23)21-6-7-29-26-22(21)17-30-33-26/h2-3,6-7,16-17H,4-5,8-15,18H2,1H3,(H,29,30,33)/b3-2+. The number of aromatic amines is 1. The summed E-state index contributed by atoms with van der Waals surface area (Å²) in [4.78, 5) is 46.5. The summed E-state index contributed by atoms with van der Waals surface area (Å²) in [5, 5.41) is 7.98. The number of piperazine rings is 1.